The van der Waals surface area contributed by atoms with Crippen LogP contribution in [0.3, 0.4) is 0 Å². The number of fused-ring (bicyclic) bond motifs is 13. The van der Waals surface area contributed by atoms with Gasteiger partial charge in [-0.1, -0.05) is 45.1 Å². The monoisotopic (exact) mass is 977 g/mol. The van der Waals surface area contributed by atoms with E-state index in [1.54, 1.807) is 49.2 Å². The lowest BCUT2D eigenvalue weighted by Crippen LogP contribution is -2.50. The second-order valence-electron chi connectivity index (χ2n) is 20.2. The fraction of sp³-hybridized carbons (Fsp3) is 0.528. The van der Waals surface area contributed by atoms with E-state index in [9.17, 15) is 39.3 Å². The van der Waals surface area contributed by atoms with Crippen molar-refractivity contribution in [2.75, 3.05) is 50.7 Å². The van der Waals surface area contributed by atoms with E-state index in [-0.39, 0.29) is 82.3 Å². The fourth-order valence-electron chi connectivity index (χ4n) is 10.2. The Labute approximate surface area is 414 Å². The first-order valence-corrected chi connectivity index (χ1v) is 24.9. The number of pyridine rings is 1. The summed E-state index contributed by atoms with van der Waals surface area (Å²) in [5, 5.41) is 40.6. The molecule has 5 atom stereocenters. The lowest BCUT2D eigenvalue weighted by Gasteiger charge is -2.38. The molecule has 1 aliphatic carbocycles. The Bertz CT molecular complexity index is 2580. The SMILES string of the molecule is C/C1=C/C=C/C(C)[C@H](O)CC(O)C[C@H](OC(=O)CC(=O)N2CCCN(c3ccccn3)CC2)CC/C=C/O[C@@]2(C)Oc3c(C)c(O)c4c(c3C2=O)C2=NC3(CCN(CC(C)C)CC3)NC2=C(NC1=O)C4=O. The van der Waals surface area contributed by atoms with Crippen molar-refractivity contribution in [2.45, 2.75) is 123 Å². The van der Waals surface area contributed by atoms with Crippen molar-refractivity contribution in [3.8, 4) is 11.5 Å². The van der Waals surface area contributed by atoms with Crippen LogP contribution in [0, 0.1) is 18.8 Å². The number of allylic oxidation sites excluding steroid dienone is 5. The zero-order valence-corrected chi connectivity index (χ0v) is 41.5. The van der Waals surface area contributed by atoms with Crippen LogP contribution < -0.4 is 20.3 Å². The minimum Gasteiger partial charge on any atom is -0.507 e. The molecule has 9 rings (SSSR count). The topological polar surface area (TPSA) is 233 Å². The number of carbonyl (C=O) groups is 5. The number of hydrogen-bond acceptors (Lipinski definition) is 16. The second kappa shape index (κ2) is 21.2. The van der Waals surface area contributed by atoms with Crippen LogP contribution >= 0.6 is 0 Å². The van der Waals surface area contributed by atoms with Gasteiger partial charge in [-0.15, -0.1) is 0 Å². The summed E-state index contributed by atoms with van der Waals surface area (Å²) in [5.41, 5.74) is -0.217. The van der Waals surface area contributed by atoms with Gasteiger partial charge < -0.3 is 54.9 Å². The number of rotatable bonds is 6. The van der Waals surface area contributed by atoms with Crippen LogP contribution in [-0.4, -0.2) is 141 Å². The smallest absolute Gasteiger partial charge is 0.315 e. The minimum absolute atomic E-state index is 0.0189. The molecule has 1 spiro atoms. The lowest BCUT2D eigenvalue weighted by molar-refractivity contribution is -0.154. The van der Waals surface area contributed by atoms with Crippen LogP contribution in [0.2, 0.25) is 0 Å². The summed E-state index contributed by atoms with van der Waals surface area (Å²) in [4.78, 5) is 86.0. The molecule has 2 fully saturated rings. The minimum atomic E-state index is -1.94. The Hall–Kier alpha value is -6.37. The number of Topliss-reactive ketones (excluding diaryl/α,β-unsaturated/α-hetero) is 2. The van der Waals surface area contributed by atoms with Crippen LogP contribution in [0.5, 0.6) is 11.5 Å². The number of benzene rings is 1. The van der Waals surface area contributed by atoms with E-state index in [0.29, 0.717) is 64.4 Å². The van der Waals surface area contributed by atoms with Gasteiger partial charge in [-0.2, -0.15) is 0 Å². The molecule has 1 aromatic carbocycles. The molecule has 380 valence electrons. The fourth-order valence-corrected chi connectivity index (χ4v) is 10.2. The number of aliphatic hydroxyl groups excluding tert-OH is 2. The number of hydrogen-bond donors (Lipinski definition) is 5. The molecule has 71 heavy (non-hydrogen) atoms. The van der Waals surface area contributed by atoms with Crippen molar-refractivity contribution in [3.05, 3.63) is 94.2 Å². The number of amides is 2. The number of nitrogens with zero attached hydrogens (tertiary/aromatic N) is 5. The molecule has 5 N–H and O–H groups in total. The van der Waals surface area contributed by atoms with Gasteiger partial charge in [0.15, 0.2) is 0 Å². The number of aromatic hydroxyl groups is 1. The van der Waals surface area contributed by atoms with Crippen molar-refractivity contribution >= 4 is 40.9 Å². The van der Waals surface area contributed by atoms with Crippen LogP contribution in [0.1, 0.15) is 118 Å². The number of phenols is 1. The molecular weight excluding hydrogens is 911 g/mol. The largest absolute Gasteiger partial charge is 0.507 e. The van der Waals surface area contributed by atoms with Crippen LogP contribution in [0.25, 0.3) is 0 Å². The molecule has 1 aromatic heterocycles. The van der Waals surface area contributed by atoms with Gasteiger partial charge in [-0.3, -0.25) is 29.0 Å². The summed E-state index contributed by atoms with van der Waals surface area (Å²) in [6, 6.07) is 5.67. The maximum absolute atomic E-state index is 14.7. The summed E-state index contributed by atoms with van der Waals surface area (Å²) < 4.78 is 18.2. The molecule has 0 radical (unpaired) electrons. The van der Waals surface area contributed by atoms with E-state index in [2.05, 4.69) is 39.3 Å². The standard InChI is InChI=1S/C53H67N7O11/c1-31(2)30-58-22-17-53(18-23-58)56-44-41-42-47(65)34(5)49-43(41)50(67)52(6,71-49)69-26-10-8-15-36(70-40(64)29-39(63)60-21-12-20-59(24-25-60)38-16-7-9-19-54-38)27-35(61)28-37(62)32(3)13-11-14-33(4)51(68)55-46(48(42)66)45(44)57-53/h7,9-11,13-14,16,19,26,31-32,35-37,57,61-62,65H,8,12,15,17-18,20-25,27-30H2,1-6H3,(H,55,68)/b13-11+,26-10+,33-14-/t32?,35?,36-,37-,52+/m1/s1. The Balaban J connectivity index is 1.06. The van der Waals surface area contributed by atoms with Crippen molar-refractivity contribution < 1.29 is 53.5 Å². The number of ketones is 2. The zero-order valence-electron chi connectivity index (χ0n) is 41.5. The van der Waals surface area contributed by atoms with Gasteiger partial charge in [-0.25, -0.2) is 4.98 Å². The third-order valence-corrected chi connectivity index (χ3v) is 14.2. The summed E-state index contributed by atoms with van der Waals surface area (Å²) in [7, 11) is 0. The number of likely N-dealkylation sites (tertiary alicyclic amines) is 1. The number of carbonyl (C=O) groups excluding carboxylic acids is 5. The number of aromatic nitrogens is 1. The highest BCUT2D eigenvalue weighted by atomic mass is 16.7. The molecule has 5 bridgehead atoms. The summed E-state index contributed by atoms with van der Waals surface area (Å²) in [5.74, 6) is -4.59. The van der Waals surface area contributed by atoms with Crippen molar-refractivity contribution in [3.63, 3.8) is 0 Å². The first kappa shape index (κ1) is 51.0. The molecule has 7 aliphatic rings. The lowest BCUT2D eigenvalue weighted by atomic mass is 9.82. The van der Waals surface area contributed by atoms with Crippen molar-refractivity contribution in [1.29, 1.82) is 0 Å². The molecule has 18 nitrogen and oxygen atoms in total. The summed E-state index contributed by atoms with van der Waals surface area (Å²) in [6.45, 7) is 15.1. The van der Waals surface area contributed by atoms with Gasteiger partial charge in [0, 0.05) is 101 Å². The van der Waals surface area contributed by atoms with E-state index < -0.39 is 71.3 Å². The summed E-state index contributed by atoms with van der Waals surface area (Å²) in [6.07, 6.45) is 8.13. The van der Waals surface area contributed by atoms with E-state index in [1.165, 1.54) is 20.1 Å². The highest BCUT2D eigenvalue weighted by Gasteiger charge is 2.54. The molecule has 2 aromatic rings. The third-order valence-electron chi connectivity index (χ3n) is 14.2. The van der Waals surface area contributed by atoms with E-state index in [1.807, 2.05) is 18.2 Å². The number of nitrogens with one attached hydrogen (secondary N) is 2. The third kappa shape index (κ3) is 10.9. The van der Waals surface area contributed by atoms with E-state index in [4.69, 9.17) is 19.2 Å². The number of anilines is 1. The van der Waals surface area contributed by atoms with Gasteiger partial charge in [0.1, 0.15) is 41.2 Å². The van der Waals surface area contributed by atoms with E-state index in [0.717, 1.165) is 12.4 Å². The zero-order chi connectivity index (χ0) is 50.8. The number of esters is 1. The molecule has 2 amide bonds. The molecule has 2 unspecified atom stereocenters. The maximum atomic E-state index is 14.7. The van der Waals surface area contributed by atoms with Gasteiger partial charge in [0.25, 0.3) is 11.7 Å². The second-order valence-corrected chi connectivity index (χ2v) is 20.2. The quantitative estimate of drug-likeness (QED) is 0.194. The van der Waals surface area contributed by atoms with Gasteiger partial charge in [0.2, 0.25) is 11.7 Å². The number of aliphatic hydroxyl groups is 2. The number of phenolic OH excluding ortho intramolecular Hbond substituents is 1. The Morgan fingerprint density at radius 3 is 2.49 bits per heavy atom. The molecular formula is C53H67N7O11. The Morgan fingerprint density at radius 1 is 0.986 bits per heavy atom. The Morgan fingerprint density at radius 2 is 1.76 bits per heavy atom. The van der Waals surface area contributed by atoms with Crippen LogP contribution in [0.4, 0.5) is 5.82 Å². The summed E-state index contributed by atoms with van der Waals surface area (Å²) >= 11 is 0. The van der Waals surface area contributed by atoms with Crippen LogP contribution in [-0.2, 0) is 23.9 Å². The molecule has 18 heteroatoms. The van der Waals surface area contributed by atoms with Crippen molar-refractivity contribution in [2.24, 2.45) is 16.8 Å². The van der Waals surface area contributed by atoms with Crippen LogP contribution in [0.15, 0.2) is 76.9 Å². The maximum Gasteiger partial charge on any atom is 0.315 e. The predicted octanol–water partition coefficient (Wildman–Crippen LogP) is 4.76. The highest BCUT2D eigenvalue weighted by Crippen LogP contribution is 2.50. The number of ether oxygens (including phenoxy) is 3. The normalized spacial score (nSPS) is 27.9. The molecule has 0 saturated carbocycles. The van der Waals surface area contributed by atoms with Crippen molar-refractivity contribution in [1.82, 2.24) is 25.4 Å². The molecule has 6 aliphatic heterocycles. The Kier molecular flexibility index (Phi) is 15.2. The molecule has 2 saturated heterocycles. The van der Waals surface area contributed by atoms with Gasteiger partial charge >= 0.3 is 11.8 Å². The highest BCUT2D eigenvalue weighted by molar-refractivity contribution is 6.34. The van der Waals surface area contributed by atoms with Gasteiger partial charge in [-0.05, 0) is 63.7 Å². The first-order valence-electron chi connectivity index (χ1n) is 24.9. The van der Waals surface area contributed by atoms with Gasteiger partial charge in [0.05, 0.1) is 41.0 Å². The number of aliphatic imine (C=N–C) groups is 1. The predicted molar refractivity (Wildman–Crippen MR) is 264 cm³/mol. The average Bonchev–Trinajstić information content (AvgIpc) is 3.69. The average molecular weight is 978 g/mol. The first-order chi connectivity index (χ1) is 33.9. The number of piperidine rings is 1. The van der Waals surface area contributed by atoms with E-state index >= 15 is 0 Å². The molecule has 7 heterocycles.